The average molecular weight is 263 g/mol. The lowest BCUT2D eigenvalue weighted by Crippen LogP contribution is -2.32. The summed E-state index contributed by atoms with van der Waals surface area (Å²) in [6.07, 6.45) is 0.768. The molecule has 0 bridgehead atoms. The minimum absolute atomic E-state index is 0.0611. The second-order valence-corrected chi connectivity index (χ2v) is 6.09. The maximum atomic E-state index is 12.3. The van der Waals surface area contributed by atoms with Gasteiger partial charge >= 0.3 is 0 Å². The maximum absolute atomic E-state index is 12.3. The van der Waals surface area contributed by atoms with E-state index in [0.29, 0.717) is 4.90 Å². The lowest BCUT2D eigenvalue weighted by molar-refractivity contribution is 0.556. The molecular formula is C14H17NO2S. The Bertz CT molecular complexity index is 644. The minimum Gasteiger partial charge on any atom is -0.208 e. The Morgan fingerprint density at radius 1 is 1.11 bits per heavy atom. The van der Waals surface area contributed by atoms with Crippen LogP contribution in [0, 0.1) is 0 Å². The van der Waals surface area contributed by atoms with Gasteiger partial charge < -0.3 is 0 Å². The highest BCUT2D eigenvalue weighted by molar-refractivity contribution is 7.89. The molecule has 0 aromatic heterocycles. The van der Waals surface area contributed by atoms with E-state index in [9.17, 15) is 8.42 Å². The summed E-state index contributed by atoms with van der Waals surface area (Å²) in [5.41, 5.74) is 0. The minimum atomic E-state index is -3.45. The molecule has 1 N–H and O–H groups in total. The first-order valence-electron chi connectivity index (χ1n) is 6.04. The zero-order valence-corrected chi connectivity index (χ0v) is 11.4. The summed E-state index contributed by atoms with van der Waals surface area (Å²) in [5.74, 6) is 0. The van der Waals surface area contributed by atoms with Gasteiger partial charge in [0.15, 0.2) is 0 Å². The van der Waals surface area contributed by atoms with Crippen molar-refractivity contribution in [2.24, 2.45) is 0 Å². The van der Waals surface area contributed by atoms with Crippen LogP contribution in [0.2, 0.25) is 0 Å². The van der Waals surface area contributed by atoms with Gasteiger partial charge in [0.05, 0.1) is 4.90 Å². The molecule has 4 heteroatoms. The van der Waals surface area contributed by atoms with Crippen LogP contribution in [0.15, 0.2) is 47.4 Å². The zero-order valence-electron chi connectivity index (χ0n) is 10.6. The van der Waals surface area contributed by atoms with Gasteiger partial charge in [-0.15, -0.1) is 0 Å². The Morgan fingerprint density at radius 2 is 1.78 bits per heavy atom. The second-order valence-electron chi connectivity index (χ2n) is 4.41. The van der Waals surface area contributed by atoms with Crippen LogP contribution in [-0.2, 0) is 10.0 Å². The molecule has 0 saturated carbocycles. The monoisotopic (exact) mass is 263 g/mol. The Labute approximate surface area is 108 Å². The largest absolute Gasteiger partial charge is 0.241 e. The van der Waals surface area contributed by atoms with Crippen LogP contribution < -0.4 is 4.72 Å². The number of benzene rings is 2. The van der Waals surface area contributed by atoms with Crippen molar-refractivity contribution in [3.05, 3.63) is 42.5 Å². The molecule has 0 aliphatic heterocycles. The first kappa shape index (κ1) is 13.1. The zero-order chi connectivity index (χ0) is 13.2. The molecule has 0 radical (unpaired) electrons. The van der Waals surface area contributed by atoms with Crippen molar-refractivity contribution in [3.8, 4) is 0 Å². The summed E-state index contributed by atoms with van der Waals surface area (Å²) in [5, 5.41) is 1.69. The molecule has 0 aliphatic rings. The Hall–Kier alpha value is -1.39. The molecular weight excluding hydrogens is 246 g/mol. The van der Waals surface area contributed by atoms with Gasteiger partial charge in [0.2, 0.25) is 10.0 Å². The number of hydrogen-bond donors (Lipinski definition) is 1. The summed E-state index contributed by atoms with van der Waals surface area (Å²) < 4.78 is 27.3. The lowest BCUT2D eigenvalue weighted by atomic mass is 10.1. The van der Waals surface area contributed by atoms with Crippen molar-refractivity contribution in [1.29, 1.82) is 0 Å². The number of fused-ring (bicyclic) bond motifs is 1. The quantitative estimate of drug-likeness (QED) is 0.922. The van der Waals surface area contributed by atoms with Crippen LogP contribution in [0.5, 0.6) is 0 Å². The van der Waals surface area contributed by atoms with Crippen molar-refractivity contribution in [3.63, 3.8) is 0 Å². The molecule has 2 aromatic rings. The fourth-order valence-corrected chi connectivity index (χ4v) is 3.40. The average Bonchev–Trinajstić information content (AvgIpc) is 2.37. The van der Waals surface area contributed by atoms with Crippen LogP contribution in [-0.4, -0.2) is 14.5 Å². The third-order valence-electron chi connectivity index (χ3n) is 3.01. The van der Waals surface area contributed by atoms with Crippen molar-refractivity contribution in [1.82, 2.24) is 4.72 Å². The molecule has 3 nitrogen and oxygen atoms in total. The Kier molecular flexibility index (Phi) is 3.68. The summed E-state index contributed by atoms with van der Waals surface area (Å²) in [4.78, 5) is 0.348. The van der Waals surface area contributed by atoms with E-state index in [2.05, 4.69) is 4.72 Å². The molecule has 0 fully saturated rings. The van der Waals surface area contributed by atoms with E-state index in [1.165, 1.54) is 0 Å². The highest BCUT2D eigenvalue weighted by Gasteiger charge is 2.18. The summed E-state index contributed by atoms with van der Waals surface area (Å²) in [7, 11) is -3.45. The molecule has 1 unspecified atom stereocenters. The highest BCUT2D eigenvalue weighted by atomic mass is 32.2. The normalized spacial score (nSPS) is 13.7. The second kappa shape index (κ2) is 5.08. The predicted octanol–water partition coefficient (Wildman–Crippen LogP) is 2.92. The third kappa shape index (κ3) is 2.54. The molecule has 18 heavy (non-hydrogen) atoms. The predicted molar refractivity (Wildman–Crippen MR) is 74.0 cm³/mol. The van der Waals surface area contributed by atoms with Crippen molar-refractivity contribution < 1.29 is 8.42 Å². The van der Waals surface area contributed by atoms with E-state index in [-0.39, 0.29) is 6.04 Å². The summed E-state index contributed by atoms with van der Waals surface area (Å²) >= 11 is 0. The SMILES string of the molecule is CCC(C)NS(=O)(=O)c1cccc2ccccc12. The van der Waals surface area contributed by atoms with Gasteiger partial charge in [0.25, 0.3) is 0 Å². The van der Waals surface area contributed by atoms with Gasteiger partial charge in [0.1, 0.15) is 0 Å². The van der Waals surface area contributed by atoms with Gasteiger partial charge in [0, 0.05) is 11.4 Å². The lowest BCUT2D eigenvalue weighted by Gasteiger charge is -2.13. The van der Waals surface area contributed by atoms with Crippen LogP contribution in [0.4, 0.5) is 0 Å². The molecule has 1 atom stereocenters. The molecule has 2 rings (SSSR count). The van der Waals surface area contributed by atoms with Gasteiger partial charge in [-0.05, 0) is 24.8 Å². The first-order chi connectivity index (χ1) is 8.54. The summed E-state index contributed by atoms with van der Waals surface area (Å²) in [6.45, 7) is 3.82. The fraction of sp³-hybridized carbons (Fsp3) is 0.286. The van der Waals surface area contributed by atoms with Crippen molar-refractivity contribution in [2.75, 3.05) is 0 Å². The van der Waals surface area contributed by atoms with Crippen LogP contribution in [0.25, 0.3) is 10.8 Å². The molecule has 0 heterocycles. The van der Waals surface area contributed by atoms with Crippen molar-refractivity contribution >= 4 is 20.8 Å². The first-order valence-corrected chi connectivity index (χ1v) is 7.53. The van der Waals surface area contributed by atoms with E-state index < -0.39 is 10.0 Å². The highest BCUT2D eigenvalue weighted by Crippen LogP contribution is 2.22. The topological polar surface area (TPSA) is 46.2 Å². The Morgan fingerprint density at radius 3 is 2.50 bits per heavy atom. The fourth-order valence-electron chi connectivity index (χ4n) is 1.84. The molecule has 2 aromatic carbocycles. The Balaban J connectivity index is 2.54. The van der Waals surface area contributed by atoms with Gasteiger partial charge in [-0.3, -0.25) is 0 Å². The molecule has 0 spiro atoms. The van der Waals surface area contributed by atoms with Gasteiger partial charge in [-0.2, -0.15) is 0 Å². The van der Waals surface area contributed by atoms with Crippen LogP contribution in [0.1, 0.15) is 20.3 Å². The third-order valence-corrected chi connectivity index (χ3v) is 4.66. The van der Waals surface area contributed by atoms with E-state index in [1.807, 2.05) is 44.2 Å². The van der Waals surface area contributed by atoms with E-state index in [1.54, 1.807) is 12.1 Å². The standard InChI is InChI=1S/C14H17NO2S/c1-3-11(2)15-18(16,17)14-10-6-8-12-7-4-5-9-13(12)14/h4-11,15H,3H2,1-2H3. The number of nitrogens with one attached hydrogen (secondary N) is 1. The van der Waals surface area contributed by atoms with E-state index in [0.717, 1.165) is 17.2 Å². The number of hydrogen-bond acceptors (Lipinski definition) is 2. The molecule has 0 amide bonds. The number of rotatable bonds is 4. The van der Waals surface area contributed by atoms with Gasteiger partial charge in [-0.25, -0.2) is 13.1 Å². The van der Waals surface area contributed by atoms with Gasteiger partial charge in [-0.1, -0.05) is 43.3 Å². The van der Waals surface area contributed by atoms with Crippen molar-refractivity contribution in [2.45, 2.75) is 31.2 Å². The smallest absolute Gasteiger partial charge is 0.208 e. The van der Waals surface area contributed by atoms with E-state index in [4.69, 9.17) is 0 Å². The molecule has 0 saturated heterocycles. The van der Waals surface area contributed by atoms with E-state index >= 15 is 0 Å². The number of sulfonamides is 1. The molecule has 0 aliphatic carbocycles. The maximum Gasteiger partial charge on any atom is 0.241 e. The summed E-state index contributed by atoms with van der Waals surface area (Å²) in [6, 6.07) is 12.8. The molecule has 96 valence electrons. The van der Waals surface area contributed by atoms with Crippen LogP contribution >= 0.6 is 0 Å². The van der Waals surface area contributed by atoms with Crippen LogP contribution in [0.3, 0.4) is 0 Å².